The lowest BCUT2D eigenvalue weighted by Gasteiger charge is -2.19. The lowest BCUT2D eigenvalue weighted by atomic mass is 9.92. The number of halogens is 1. The standard InChI is InChI=1S/C12H16BrNO/c1-8-3-4-9(15-2)11(13)10(8)12(7-14)5-6-12/h3-4H,5-7,14H2,1-2H3. The van der Waals surface area contributed by atoms with E-state index in [1.54, 1.807) is 7.11 Å². The maximum Gasteiger partial charge on any atom is 0.133 e. The van der Waals surface area contributed by atoms with Crippen LogP contribution in [-0.4, -0.2) is 13.7 Å². The highest BCUT2D eigenvalue weighted by Gasteiger charge is 2.45. The topological polar surface area (TPSA) is 35.2 Å². The Morgan fingerprint density at radius 2 is 2.13 bits per heavy atom. The van der Waals surface area contributed by atoms with Crippen LogP contribution in [0.25, 0.3) is 0 Å². The summed E-state index contributed by atoms with van der Waals surface area (Å²) in [5.41, 5.74) is 8.71. The molecule has 1 aliphatic rings. The summed E-state index contributed by atoms with van der Waals surface area (Å²) in [7, 11) is 1.70. The van der Waals surface area contributed by atoms with Crippen LogP contribution in [0.1, 0.15) is 24.0 Å². The predicted octanol–water partition coefficient (Wildman–Crippen LogP) is 2.76. The molecular weight excluding hydrogens is 254 g/mol. The van der Waals surface area contributed by atoms with Crippen molar-refractivity contribution < 1.29 is 4.74 Å². The van der Waals surface area contributed by atoms with Crippen LogP contribution in [0.15, 0.2) is 16.6 Å². The number of rotatable bonds is 3. The molecule has 0 spiro atoms. The summed E-state index contributed by atoms with van der Waals surface area (Å²) in [6, 6.07) is 4.10. The highest BCUT2D eigenvalue weighted by Crippen LogP contribution is 2.52. The van der Waals surface area contributed by atoms with Crippen molar-refractivity contribution in [3.8, 4) is 5.75 Å². The largest absolute Gasteiger partial charge is 0.496 e. The van der Waals surface area contributed by atoms with Gasteiger partial charge in [-0.05, 0) is 52.9 Å². The summed E-state index contributed by atoms with van der Waals surface area (Å²) in [6.07, 6.45) is 2.38. The summed E-state index contributed by atoms with van der Waals surface area (Å²) >= 11 is 3.63. The summed E-state index contributed by atoms with van der Waals surface area (Å²) in [6.45, 7) is 2.86. The van der Waals surface area contributed by atoms with E-state index in [0.717, 1.165) is 16.8 Å². The van der Waals surface area contributed by atoms with Crippen molar-refractivity contribution in [1.82, 2.24) is 0 Å². The molecule has 0 heterocycles. The van der Waals surface area contributed by atoms with Crippen molar-refractivity contribution in [1.29, 1.82) is 0 Å². The summed E-state index contributed by atoms with van der Waals surface area (Å²) in [5, 5.41) is 0. The van der Waals surface area contributed by atoms with Crippen LogP contribution < -0.4 is 10.5 Å². The Balaban J connectivity index is 2.54. The maximum atomic E-state index is 5.87. The Morgan fingerprint density at radius 3 is 2.60 bits per heavy atom. The molecule has 1 fully saturated rings. The van der Waals surface area contributed by atoms with Gasteiger partial charge in [0.05, 0.1) is 11.6 Å². The number of aryl methyl sites for hydroxylation is 1. The van der Waals surface area contributed by atoms with Gasteiger partial charge in [-0.3, -0.25) is 0 Å². The molecule has 1 aromatic carbocycles. The summed E-state index contributed by atoms with van der Waals surface area (Å²) < 4.78 is 6.40. The number of hydrogen-bond acceptors (Lipinski definition) is 2. The molecular formula is C12H16BrNO. The van der Waals surface area contributed by atoms with Gasteiger partial charge < -0.3 is 10.5 Å². The fourth-order valence-corrected chi connectivity index (χ4v) is 3.20. The SMILES string of the molecule is COc1ccc(C)c(C2(CN)CC2)c1Br. The van der Waals surface area contributed by atoms with Crippen LogP contribution in [0, 0.1) is 6.92 Å². The first-order valence-electron chi connectivity index (χ1n) is 5.18. The Bertz CT molecular complexity index is 385. The Labute approximate surface area is 98.9 Å². The van der Waals surface area contributed by atoms with Crippen LogP contribution in [0.3, 0.4) is 0 Å². The highest BCUT2D eigenvalue weighted by atomic mass is 79.9. The zero-order valence-corrected chi connectivity index (χ0v) is 10.7. The van der Waals surface area contributed by atoms with E-state index < -0.39 is 0 Å². The van der Waals surface area contributed by atoms with E-state index in [0.29, 0.717) is 0 Å². The van der Waals surface area contributed by atoms with Gasteiger partial charge in [-0.15, -0.1) is 0 Å². The molecule has 0 aromatic heterocycles. The fourth-order valence-electron chi connectivity index (χ4n) is 2.17. The van der Waals surface area contributed by atoms with Crippen LogP contribution in [0.5, 0.6) is 5.75 Å². The van der Waals surface area contributed by atoms with E-state index in [9.17, 15) is 0 Å². The molecule has 0 unspecified atom stereocenters. The van der Waals surface area contributed by atoms with Crippen LogP contribution >= 0.6 is 15.9 Å². The molecule has 0 radical (unpaired) electrons. The monoisotopic (exact) mass is 269 g/mol. The van der Waals surface area contributed by atoms with Gasteiger partial charge in [-0.1, -0.05) is 6.07 Å². The van der Waals surface area contributed by atoms with E-state index in [2.05, 4.69) is 28.9 Å². The van der Waals surface area contributed by atoms with Crippen molar-refractivity contribution >= 4 is 15.9 Å². The first kappa shape index (κ1) is 11.0. The number of ether oxygens (including phenoxy) is 1. The molecule has 1 aromatic rings. The minimum atomic E-state index is 0.206. The molecule has 0 aliphatic heterocycles. The van der Waals surface area contributed by atoms with Gasteiger partial charge in [-0.25, -0.2) is 0 Å². The summed E-state index contributed by atoms with van der Waals surface area (Å²) in [4.78, 5) is 0. The van der Waals surface area contributed by atoms with Crippen LogP contribution in [0.4, 0.5) is 0 Å². The van der Waals surface area contributed by atoms with Crippen molar-refractivity contribution in [2.45, 2.75) is 25.2 Å². The Kier molecular flexibility index (Phi) is 2.77. The minimum Gasteiger partial charge on any atom is -0.496 e. The third-order valence-corrected chi connectivity index (χ3v) is 4.10. The molecule has 2 rings (SSSR count). The number of nitrogens with two attached hydrogens (primary N) is 1. The fraction of sp³-hybridized carbons (Fsp3) is 0.500. The molecule has 2 nitrogen and oxygen atoms in total. The third kappa shape index (κ3) is 1.68. The van der Waals surface area contributed by atoms with Crippen LogP contribution in [-0.2, 0) is 5.41 Å². The van der Waals surface area contributed by atoms with E-state index in [4.69, 9.17) is 10.5 Å². The molecule has 1 saturated carbocycles. The third-order valence-electron chi connectivity index (χ3n) is 3.31. The lowest BCUT2D eigenvalue weighted by Crippen LogP contribution is -2.21. The Hall–Kier alpha value is -0.540. The second-order valence-corrected chi connectivity index (χ2v) is 5.05. The van der Waals surface area contributed by atoms with E-state index in [-0.39, 0.29) is 5.41 Å². The highest BCUT2D eigenvalue weighted by molar-refractivity contribution is 9.10. The first-order valence-corrected chi connectivity index (χ1v) is 5.97. The average molecular weight is 270 g/mol. The van der Waals surface area contributed by atoms with Gasteiger partial charge >= 0.3 is 0 Å². The van der Waals surface area contributed by atoms with Crippen LogP contribution in [0.2, 0.25) is 0 Å². The van der Waals surface area contributed by atoms with Gasteiger partial charge in [0.25, 0.3) is 0 Å². The smallest absolute Gasteiger partial charge is 0.133 e. The van der Waals surface area contributed by atoms with Crippen molar-refractivity contribution in [3.05, 3.63) is 27.7 Å². The van der Waals surface area contributed by atoms with Gasteiger partial charge in [-0.2, -0.15) is 0 Å². The van der Waals surface area contributed by atoms with Gasteiger partial charge in [0.15, 0.2) is 0 Å². The molecule has 15 heavy (non-hydrogen) atoms. The quantitative estimate of drug-likeness (QED) is 0.916. The molecule has 0 bridgehead atoms. The van der Waals surface area contributed by atoms with E-state index in [1.165, 1.54) is 24.0 Å². The molecule has 2 N–H and O–H groups in total. The number of hydrogen-bond donors (Lipinski definition) is 1. The number of methoxy groups -OCH3 is 1. The van der Waals surface area contributed by atoms with Gasteiger partial charge in [0, 0.05) is 12.0 Å². The maximum absolute atomic E-state index is 5.87. The molecule has 3 heteroatoms. The Morgan fingerprint density at radius 1 is 1.47 bits per heavy atom. The van der Waals surface area contributed by atoms with Crippen molar-refractivity contribution in [2.24, 2.45) is 5.73 Å². The first-order chi connectivity index (χ1) is 7.14. The summed E-state index contributed by atoms with van der Waals surface area (Å²) in [5.74, 6) is 0.898. The van der Waals surface area contributed by atoms with Gasteiger partial charge in [0.2, 0.25) is 0 Å². The zero-order valence-electron chi connectivity index (χ0n) is 9.14. The normalized spacial score (nSPS) is 17.6. The molecule has 0 saturated heterocycles. The second kappa shape index (κ2) is 3.80. The molecule has 0 atom stereocenters. The van der Waals surface area contributed by atoms with E-state index in [1.807, 2.05) is 6.07 Å². The average Bonchev–Trinajstić information content (AvgIpc) is 2.99. The predicted molar refractivity (Wildman–Crippen MR) is 65.4 cm³/mol. The number of benzene rings is 1. The van der Waals surface area contributed by atoms with Gasteiger partial charge in [0.1, 0.15) is 5.75 Å². The van der Waals surface area contributed by atoms with Crippen molar-refractivity contribution in [3.63, 3.8) is 0 Å². The lowest BCUT2D eigenvalue weighted by molar-refractivity contribution is 0.410. The van der Waals surface area contributed by atoms with Crippen molar-refractivity contribution in [2.75, 3.05) is 13.7 Å². The minimum absolute atomic E-state index is 0.206. The van der Waals surface area contributed by atoms with E-state index >= 15 is 0 Å². The molecule has 0 amide bonds. The molecule has 82 valence electrons. The second-order valence-electron chi connectivity index (χ2n) is 4.26. The molecule has 1 aliphatic carbocycles. The zero-order chi connectivity index (χ0) is 11.1.